The van der Waals surface area contributed by atoms with E-state index in [0.29, 0.717) is 6.10 Å². The Balaban J connectivity index is 1.55. The first-order chi connectivity index (χ1) is 10.8. The highest BCUT2D eigenvalue weighted by Crippen LogP contribution is 2.20. The SMILES string of the molecule is CCc1ccc(O[C@@H]2CCCN(Cc3ccccc3)C2)cc1. The zero-order chi connectivity index (χ0) is 15.2. The van der Waals surface area contributed by atoms with E-state index in [4.69, 9.17) is 4.74 Å². The summed E-state index contributed by atoms with van der Waals surface area (Å²) in [6.07, 6.45) is 3.75. The van der Waals surface area contributed by atoms with Crippen molar-refractivity contribution in [2.45, 2.75) is 38.8 Å². The van der Waals surface area contributed by atoms with Gasteiger partial charge in [0.2, 0.25) is 0 Å². The van der Waals surface area contributed by atoms with Crippen molar-refractivity contribution >= 4 is 0 Å². The standard InChI is InChI=1S/C20H25NO/c1-2-17-10-12-19(13-11-17)22-20-9-6-14-21(16-20)15-18-7-4-3-5-8-18/h3-5,7-8,10-13,20H,2,6,9,14-16H2,1H3/t20-/m1/s1. The molecular formula is C20H25NO. The van der Waals surface area contributed by atoms with Crippen molar-refractivity contribution in [2.75, 3.05) is 13.1 Å². The highest BCUT2D eigenvalue weighted by Gasteiger charge is 2.21. The maximum Gasteiger partial charge on any atom is 0.119 e. The fourth-order valence-electron chi connectivity index (χ4n) is 3.09. The van der Waals surface area contributed by atoms with Crippen LogP contribution < -0.4 is 4.74 Å². The molecule has 1 fully saturated rings. The minimum absolute atomic E-state index is 0.310. The average Bonchev–Trinajstić information content (AvgIpc) is 2.57. The molecule has 2 nitrogen and oxygen atoms in total. The molecule has 1 saturated heterocycles. The molecular weight excluding hydrogens is 270 g/mol. The van der Waals surface area contributed by atoms with Gasteiger partial charge in [-0.2, -0.15) is 0 Å². The molecule has 0 aliphatic carbocycles. The molecule has 0 aromatic heterocycles. The van der Waals surface area contributed by atoms with Gasteiger partial charge in [-0.05, 0) is 49.1 Å². The van der Waals surface area contributed by atoms with Crippen LogP contribution in [0.15, 0.2) is 54.6 Å². The molecule has 1 heterocycles. The van der Waals surface area contributed by atoms with Crippen LogP contribution in [0.3, 0.4) is 0 Å². The molecule has 1 aliphatic heterocycles. The summed E-state index contributed by atoms with van der Waals surface area (Å²) in [6, 6.07) is 19.3. The molecule has 0 spiro atoms. The van der Waals surface area contributed by atoms with E-state index in [9.17, 15) is 0 Å². The summed E-state index contributed by atoms with van der Waals surface area (Å²) in [5.41, 5.74) is 2.75. The van der Waals surface area contributed by atoms with Crippen LogP contribution in [0.5, 0.6) is 5.75 Å². The first-order valence-corrected chi connectivity index (χ1v) is 8.35. The highest BCUT2D eigenvalue weighted by atomic mass is 16.5. The third-order valence-electron chi connectivity index (χ3n) is 4.35. The molecule has 0 bridgehead atoms. The van der Waals surface area contributed by atoms with Crippen molar-refractivity contribution < 1.29 is 4.74 Å². The van der Waals surface area contributed by atoms with Crippen LogP contribution in [0.2, 0.25) is 0 Å². The normalized spacial score (nSPS) is 19.0. The lowest BCUT2D eigenvalue weighted by Crippen LogP contribution is -2.40. The molecule has 116 valence electrons. The minimum atomic E-state index is 0.310. The summed E-state index contributed by atoms with van der Waals surface area (Å²) in [7, 11) is 0. The largest absolute Gasteiger partial charge is 0.489 e. The topological polar surface area (TPSA) is 12.5 Å². The van der Waals surface area contributed by atoms with Crippen LogP contribution in [0, 0.1) is 0 Å². The Bertz CT molecular complexity index is 564. The number of likely N-dealkylation sites (tertiary alicyclic amines) is 1. The number of piperidine rings is 1. The maximum atomic E-state index is 6.18. The van der Waals surface area contributed by atoms with Gasteiger partial charge in [-0.1, -0.05) is 49.4 Å². The molecule has 22 heavy (non-hydrogen) atoms. The Labute approximate surface area is 133 Å². The third kappa shape index (κ3) is 4.11. The number of hydrogen-bond acceptors (Lipinski definition) is 2. The first-order valence-electron chi connectivity index (χ1n) is 8.35. The molecule has 0 saturated carbocycles. The van der Waals surface area contributed by atoms with Crippen molar-refractivity contribution in [1.29, 1.82) is 0 Å². The second-order valence-electron chi connectivity index (χ2n) is 6.10. The Hall–Kier alpha value is -1.80. The van der Waals surface area contributed by atoms with Gasteiger partial charge in [0.25, 0.3) is 0 Å². The number of rotatable bonds is 5. The van der Waals surface area contributed by atoms with Crippen LogP contribution in [-0.2, 0) is 13.0 Å². The summed E-state index contributed by atoms with van der Waals surface area (Å²) in [5, 5.41) is 0. The van der Waals surface area contributed by atoms with Gasteiger partial charge in [-0.3, -0.25) is 4.90 Å². The van der Waals surface area contributed by atoms with Crippen molar-refractivity contribution in [3.63, 3.8) is 0 Å². The lowest BCUT2D eigenvalue weighted by Gasteiger charge is -2.33. The van der Waals surface area contributed by atoms with E-state index < -0.39 is 0 Å². The summed E-state index contributed by atoms with van der Waals surface area (Å²) in [6.45, 7) is 5.39. The molecule has 1 aliphatic rings. The lowest BCUT2D eigenvalue weighted by molar-refractivity contribution is 0.0843. The second kappa shape index (κ2) is 7.46. The van der Waals surface area contributed by atoms with Gasteiger partial charge in [-0.15, -0.1) is 0 Å². The highest BCUT2D eigenvalue weighted by molar-refractivity contribution is 5.27. The smallest absolute Gasteiger partial charge is 0.119 e. The van der Waals surface area contributed by atoms with Gasteiger partial charge in [0, 0.05) is 13.1 Å². The van der Waals surface area contributed by atoms with Gasteiger partial charge in [0.1, 0.15) is 11.9 Å². The second-order valence-corrected chi connectivity index (χ2v) is 6.10. The van der Waals surface area contributed by atoms with Crippen molar-refractivity contribution in [1.82, 2.24) is 4.90 Å². The number of ether oxygens (including phenoxy) is 1. The molecule has 2 aromatic rings. The molecule has 0 amide bonds. The van der Waals surface area contributed by atoms with Gasteiger partial charge in [0.15, 0.2) is 0 Å². The van der Waals surface area contributed by atoms with E-state index in [0.717, 1.165) is 31.7 Å². The first kappa shape index (κ1) is 15.1. The van der Waals surface area contributed by atoms with E-state index in [1.54, 1.807) is 0 Å². The third-order valence-corrected chi connectivity index (χ3v) is 4.35. The monoisotopic (exact) mass is 295 g/mol. The molecule has 0 radical (unpaired) electrons. The van der Waals surface area contributed by atoms with Gasteiger partial charge in [0.05, 0.1) is 0 Å². The minimum Gasteiger partial charge on any atom is -0.489 e. The zero-order valence-electron chi connectivity index (χ0n) is 13.4. The summed E-state index contributed by atoms with van der Waals surface area (Å²) >= 11 is 0. The van der Waals surface area contributed by atoms with Crippen LogP contribution in [-0.4, -0.2) is 24.1 Å². The van der Waals surface area contributed by atoms with Crippen molar-refractivity contribution in [3.05, 3.63) is 65.7 Å². The summed E-state index contributed by atoms with van der Waals surface area (Å²) in [4.78, 5) is 2.50. The number of hydrogen-bond donors (Lipinski definition) is 0. The van der Waals surface area contributed by atoms with E-state index >= 15 is 0 Å². The summed E-state index contributed by atoms with van der Waals surface area (Å²) in [5.74, 6) is 1.00. The predicted molar refractivity (Wildman–Crippen MR) is 91.2 cm³/mol. The number of nitrogens with zero attached hydrogens (tertiary/aromatic N) is 1. The van der Waals surface area contributed by atoms with E-state index in [1.165, 1.54) is 24.1 Å². The van der Waals surface area contributed by atoms with Gasteiger partial charge < -0.3 is 4.74 Å². The quantitative estimate of drug-likeness (QED) is 0.816. The predicted octanol–water partition coefficient (Wildman–Crippen LogP) is 4.29. The van der Waals surface area contributed by atoms with E-state index in [2.05, 4.69) is 66.4 Å². The molecule has 3 rings (SSSR count). The molecule has 0 unspecified atom stereocenters. The van der Waals surface area contributed by atoms with Crippen LogP contribution in [0.25, 0.3) is 0 Å². The molecule has 1 atom stereocenters. The fourth-order valence-corrected chi connectivity index (χ4v) is 3.09. The average molecular weight is 295 g/mol. The Morgan fingerprint density at radius 3 is 2.50 bits per heavy atom. The van der Waals surface area contributed by atoms with Gasteiger partial charge in [-0.25, -0.2) is 0 Å². The van der Waals surface area contributed by atoms with Crippen molar-refractivity contribution in [3.8, 4) is 5.75 Å². The van der Waals surface area contributed by atoms with Gasteiger partial charge >= 0.3 is 0 Å². The molecule has 2 heteroatoms. The van der Waals surface area contributed by atoms with Crippen LogP contribution >= 0.6 is 0 Å². The molecule has 2 aromatic carbocycles. The zero-order valence-corrected chi connectivity index (χ0v) is 13.4. The Kier molecular flexibility index (Phi) is 5.12. The van der Waals surface area contributed by atoms with Crippen molar-refractivity contribution in [2.24, 2.45) is 0 Å². The fraction of sp³-hybridized carbons (Fsp3) is 0.400. The number of benzene rings is 2. The number of aryl methyl sites for hydroxylation is 1. The Morgan fingerprint density at radius 2 is 1.77 bits per heavy atom. The summed E-state index contributed by atoms with van der Waals surface area (Å²) < 4.78 is 6.18. The van der Waals surface area contributed by atoms with Crippen LogP contribution in [0.4, 0.5) is 0 Å². The maximum absolute atomic E-state index is 6.18. The lowest BCUT2D eigenvalue weighted by atomic mass is 10.1. The van der Waals surface area contributed by atoms with E-state index in [1.807, 2.05) is 0 Å². The van der Waals surface area contributed by atoms with Crippen LogP contribution in [0.1, 0.15) is 30.9 Å². The van der Waals surface area contributed by atoms with E-state index in [-0.39, 0.29) is 0 Å². The molecule has 0 N–H and O–H groups in total. The Morgan fingerprint density at radius 1 is 1.00 bits per heavy atom.